The second-order valence-electron chi connectivity index (χ2n) is 6.34. The van der Waals surface area contributed by atoms with Crippen molar-refractivity contribution in [1.29, 1.82) is 0 Å². The van der Waals surface area contributed by atoms with Crippen molar-refractivity contribution >= 4 is 11.8 Å². The molecule has 2 aliphatic carbocycles. The van der Waals surface area contributed by atoms with Crippen molar-refractivity contribution in [2.24, 2.45) is 0 Å². The van der Waals surface area contributed by atoms with Gasteiger partial charge in [-0.25, -0.2) is 0 Å². The Balaban J connectivity index is 1.64. The molecular weight excluding hydrogens is 268 g/mol. The average Bonchev–Trinajstić information content (AvgIpc) is 3.08. The van der Waals surface area contributed by atoms with E-state index in [1.54, 1.807) is 4.90 Å². The number of aryl methyl sites for hydroxylation is 1. The van der Waals surface area contributed by atoms with Crippen LogP contribution in [-0.4, -0.2) is 45.5 Å². The van der Waals surface area contributed by atoms with E-state index in [2.05, 4.69) is 15.5 Å². The summed E-state index contributed by atoms with van der Waals surface area (Å²) < 4.78 is 0. The molecule has 0 spiro atoms. The fourth-order valence-corrected chi connectivity index (χ4v) is 4.03. The van der Waals surface area contributed by atoms with Crippen molar-refractivity contribution in [3.05, 3.63) is 17.0 Å². The second-order valence-corrected chi connectivity index (χ2v) is 6.34. The van der Waals surface area contributed by atoms with Crippen LogP contribution in [-0.2, 0) is 17.6 Å². The number of H-pyrrole nitrogens is 1. The predicted octanol–water partition coefficient (Wildman–Crippen LogP) is 0.782. The van der Waals surface area contributed by atoms with Crippen LogP contribution in [0, 0.1) is 0 Å². The van der Waals surface area contributed by atoms with Crippen LogP contribution in [0.2, 0.25) is 0 Å². The molecular formula is C15H20N4O2. The van der Waals surface area contributed by atoms with Crippen LogP contribution in [0.25, 0.3) is 0 Å². The number of rotatable bonds is 1. The third kappa shape index (κ3) is 2.04. The first-order valence-corrected chi connectivity index (χ1v) is 7.90. The fourth-order valence-electron chi connectivity index (χ4n) is 4.03. The minimum atomic E-state index is -0.0684. The lowest BCUT2D eigenvalue weighted by molar-refractivity contribution is -0.127. The molecule has 1 aliphatic heterocycles. The Hall–Kier alpha value is -1.85. The number of carbonyl (C=O) groups excluding carboxylic acids is 2. The lowest BCUT2D eigenvalue weighted by atomic mass is 9.87. The molecule has 0 bridgehead atoms. The number of aromatic nitrogens is 2. The summed E-state index contributed by atoms with van der Waals surface area (Å²) in [6, 6.07) is 0.258. The minimum absolute atomic E-state index is 0.0429. The van der Waals surface area contributed by atoms with Crippen LogP contribution >= 0.6 is 0 Å². The van der Waals surface area contributed by atoms with Gasteiger partial charge in [-0.3, -0.25) is 14.7 Å². The third-order valence-corrected chi connectivity index (χ3v) is 5.06. The zero-order valence-corrected chi connectivity index (χ0v) is 12.0. The van der Waals surface area contributed by atoms with Crippen molar-refractivity contribution in [2.75, 3.05) is 6.54 Å². The molecule has 2 amide bonds. The molecule has 2 N–H and O–H groups in total. The number of nitrogens with zero attached hydrogens (tertiary/aromatic N) is 2. The molecule has 1 aromatic heterocycles. The van der Waals surface area contributed by atoms with Gasteiger partial charge in [0, 0.05) is 17.3 Å². The van der Waals surface area contributed by atoms with Gasteiger partial charge in [0.25, 0.3) is 5.91 Å². The van der Waals surface area contributed by atoms with Crippen LogP contribution in [0.4, 0.5) is 0 Å². The molecule has 0 aromatic carbocycles. The Morgan fingerprint density at radius 3 is 2.95 bits per heavy atom. The van der Waals surface area contributed by atoms with Gasteiger partial charge in [0.2, 0.25) is 5.91 Å². The number of hydrogen-bond acceptors (Lipinski definition) is 3. The predicted molar refractivity (Wildman–Crippen MR) is 75.8 cm³/mol. The third-order valence-electron chi connectivity index (χ3n) is 5.06. The summed E-state index contributed by atoms with van der Waals surface area (Å²) in [4.78, 5) is 26.5. The molecule has 2 atom stereocenters. The van der Waals surface area contributed by atoms with Crippen molar-refractivity contribution < 1.29 is 9.59 Å². The van der Waals surface area contributed by atoms with Crippen molar-refractivity contribution in [1.82, 2.24) is 20.4 Å². The van der Waals surface area contributed by atoms with E-state index in [1.165, 1.54) is 0 Å². The SMILES string of the molecule is O=C1CN(C(=O)c2n[nH]c3c2CCC3)[C@@H]2CCCC[C@H]2N1. The van der Waals surface area contributed by atoms with Crippen LogP contribution in [0.15, 0.2) is 0 Å². The highest BCUT2D eigenvalue weighted by atomic mass is 16.2. The minimum Gasteiger partial charge on any atom is -0.350 e. The molecule has 6 heteroatoms. The number of piperazine rings is 1. The molecule has 2 fully saturated rings. The van der Waals surface area contributed by atoms with E-state index in [1.807, 2.05) is 0 Å². The standard InChI is InChI=1S/C15H20N4O2/c20-13-8-19(12-7-2-1-5-11(12)16-13)15(21)14-9-4-3-6-10(9)17-18-14/h11-12H,1-8H2,(H,16,20)(H,17,18)/t11-,12-/m1/s1. The highest BCUT2D eigenvalue weighted by molar-refractivity contribution is 5.97. The number of carbonyl (C=O) groups is 2. The van der Waals surface area contributed by atoms with Gasteiger partial charge in [-0.05, 0) is 32.1 Å². The summed E-state index contributed by atoms with van der Waals surface area (Å²) >= 11 is 0. The zero-order valence-electron chi connectivity index (χ0n) is 12.0. The van der Waals surface area contributed by atoms with Gasteiger partial charge in [-0.1, -0.05) is 12.8 Å². The summed E-state index contributed by atoms with van der Waals surface area (Å²) in [5, 5.41) is 10.3. The average molecular weight is 288 g/mol. The van der Waals surface area contributed by atoms with E-state index < -0.39 is 0 Å². The second kappa shape index (κ2) is 4.86. The topological polar surface area (TPSA) is 78.1 Å². The molecule has 6 nitrogen and oxygen atoms in total. The molecule has 1 aromatic rings. The maximum atomic E-state index is 12.9. The zero-order chi connectivity index (χ0) is 14.4. The molecule has 112 valence electrons. The van der Waals surface area contributed by atoms with Crippen LogP contribution in [0.1, 0.15) is 53.8 Å². The first kappa shape index (κ1) is 12.9. The quantitative estimate of drug-likeness (QED) is 0.801. The van der Waals surface area contributed by atoms with Gasteiger partial charge in [0.1, 0.15) is 6.54 Å². The first-order chi connectivity index (χ1) is 10.2. The number of fused-ring (bicyclic) bond motifs is 2. The van der Waals surface area contributed by atoms with Gasteiger partial charge >= 0.3 is 0 Å². The van der Waals surface area contributed by atoms with Gasteiger partial charge in [0.05, 0.1) is 6.04 Å². The van der Waals surface area contributed by atoms with Gasteiger partial charge in [-0.15, -0.1) is 0 Å². The van der Waals surface area contributed by atoms with E-state index in [0.29, 0.717) is 5.69 Å². The van der Waals surface area contributed by atoms with Crippen LogP contribution < -0.4 is 5.32 Å². The van der Waals surface area contributed by atoms with Crippen LogP contribution in [0.3, 0.4) is 0 Å². The normalized spacial score (nSPS) is 28.0. The van der Waals surface area contributed by atoms with E-state index in [-0.39, 0.29) is 30.4 Å². The van der Waals surface area contributed by atoms with Crippen molar-refractivity contribution in [2.45, 2.75) is 57.0 Å². The Bertz CT molecular complexity index is 594. The van der Waals surface area contributed by atoms with E-state index in [4.69, 9.17) is 0 Å². The van der Waals surface area contributed by atoms with Crippen molar-refractivity contribution in [3.63, 3.8) is 0 Å². The Morgan fingerprint density at radius 2 is 2.05 bits per heavy atom. The summed E-state index contributed by atoms with van der Waals surface area (Å²) in [6.45, 7) is 0.168. The molecule has 21 heavy (non-hydrogen) atoms. The smallest absolute Gasteiger partial charge is 0.275 e. The monoisotopic (exact) mass is 288 g/mol. The maximum Gasteiger partial charge on any atom is 0.275 e. The molecule has 3 aliphatic rings. The van der Waals surface area contributed by atoms with Gasteiger partial charge in [-0.2, -0.15) is 5.10 Å². The Morgan fingerprint density at radius 1 is 1.19 bits per heavy atom. The Kier molecular flexibility index (Phi) is 2.97. The van der Waals surface area contributed by atoms with E-state index in [9.17, 15) is 9.59 Å². The van der Waals surface area contributed by atoms with E-state index in [0.717, 1.165) is 56.2 Å². The molecule has 0 radical (unpaired) electrons. The maximum absolute atomic E-state index is 12.9. The highest BCUT2D eigenvalue weighted by Gasteiger charge is 2.40. The van der Waals surface area contributed by atoms with Crippen molar-refractivity contribution in [3.8, 4) is 0 Å². The summed E-state index contributed by atoms with van der Waals surface area (Å²) in [5.74, 6) is -0.111. The van der Waals surface area contributed by atoms with Gasteiger partial charge < -0.3 is 10.2 Å². The summed E-state index contributed by atoms with van der Waals surface area (Å²) in [6.07, 6.45) is 7.17. The molecule has 4 rings (SSSR count). The molecule has 2 heterocycles. The van der Waals surface area contributed by atoms with Crippen LogP contribution in [0.5, 0.6) is 0 Å². The largest absolute Gasteiger partial charge is 0.350 e. The highest BCUT2D eigenvalue weighted by Crippen LogP contribution is 2.29. The first-order valence-electron chi connectivity index (χ1n) is 7.90. The fraction of sp³-hybridized carbons (Fsp3) is 0.667. The lowest BCUT2D eigenvalue weighted by Crippen LogP contribution is -2.63. The van der Waals surface area contributed by atoms with Gasteiger partial charge in [0.15, 0.2) is 5.69 Å². The number of aromatic amines is 1. The Labute approximate surface area is 123 Å². The molecule has 1 saturated carbocycles. The number of nitrogens with one attached hydrogen (secondary N) is 2. The lowest BCUT2D eigenvalue weighted by Gasteiger charge is -2.43. The number of hydrogen-bond donors (Lipinski definition) is 2. The molecule has 0 unspecified atom stereocenters. The van der Waals surface area contributed by atoms with E-state index >= 15 is 0 Å². The summed E-state index contributed by atoms with van der Waals surface area (Å²) in [7, 11) is 0. The summed E-state index contributed by atoms with van der Waals surface area (Å²) in [5.41, 5.74) is 2.71. The molecule has 1 saturated heterocycles. The number of amides is 2.